The highest BCUT2D eigenvalue weighted by molar-refractivity contribution is 7.92. The summed E-state index contributed by atoms with van der Waals surface area (Å²) in [6.45, 7) is 0.929. The van der Waals surface area contributed by atoms with E-state index < -0.39 is 15.1 Å². The number of carbonyl (C=O) groups excluding carboxylic acids is 1. The van der Waals surface area contributed by atoms with Crippen LogP contribution in [0.1, 0.15) is 19.3 Å². The van der Waals surface area contributed by atoms with Crippen LogP contribution in [-0.2, 0) is 14.6 Å². The maximum atomic E-state index is 12.5. The Morgan fingerprint density at radius 1 is 1.11 bits per heavy atom. The first-order chi connectivity index (χ1) is 9.09. The monoisotopic (exact) mass is 279 g/mol. The van der Waals surface area contributed by atoms with Crippen LogP contribution in [0.2, 0.25) is 0 Å². The van der Waals surface area contributed by atoms with E-state index in [9.17, 15) is 13.2 Å². The highest BCUT2D eigenvalue weighted by Gasteiger charge is 2.40. The average Bonchev–Trinajstić information content (AvgIpc) is 3.15. The highest BCUT2D eigenvalue weighted by Crippen LogP contribution is 2.33. The number of rotatable bonds is 3. The summed E-state index contributed by atoms with van der Waals surface area (Å²) in [5, 5.41) is -0.447. The Bertz CT molecular complexity index is 578. The molecule has 1 heterocycles. The van der Waals surface area contributed by atoms with Crippen LogP contribution in [0, 0.1) is 5.92 Å². The van der Waals surface area contributed by atoms with Gasteiger partial charge in [0.15, 0.2) is 9.84 Å². The molecule has 4 nitrogen and oxygen atoms in total. The van der Waals surface area contributed by atoms with Crippen molar-refractivity contribution in [3.8, 4) is 0 Å². The fourth-order valence-electron chi connectivity index (χ4n) is 2.57. The van der Waals surface area contributed by atoms with Crippen molar-refractivity contribution in [2.45, 2.75) is 29.4 Å². The fraction of sp³-hybridized carbons (Fsp3) is 0.500. The van der Waals surface area contributed by atoms with E-state index in [1.54, 1.807) is 35.2 Å². The Morgan fingerprint density at radius 2 is 1.79 bits per heavy atom. The van der Waals surface area contributed by atoms with Crippen LogP contribution in [-0.4, -0.2) is 37.6 Å². The molecule has 102 valence electrons. The predicted octanol–water partition coefficient (Wildman–Crippen LogP) is 1.47. The largest absolute Gasteiger partial charge is 0.341 e. The third-order valence-corrected chi connectivity index (χ3v) is 6.09. The van der Waals surface area contributed by atoms with Crippen LogP contribution in [0.5, 0.6) is 0 Å². The molecule has 1 unspecified atom stereocenters. The van der Waals surface area contributed by atoms with E-state index in [0.29, 0.717) is 24.4 Å². The number of amides is 1. The summed E-state index contributed by atoms with van der Waals surface area (Å²) in [5.74, 6) is 0.309. The third kappa shape index (κ3) is 2.39. The lowest BCUT2D eigenvalue weighted by atomic mass is 10.3. The maximum Gasteiger partial charge on any atom is 0.225 e. The zero-order valence-electron chi connectivity index (χ0n) is 10.7. The summed E-state index contributed by atoms with van der Waals surface area (Å²) in [6.07, 6.45) is 2.48. The van der Waals surface area contributed by atoms with Crippen LogP contribution < -0.4 is 0 Å². The van der Waals surface area contributed by atoms with Crippen molar-refractivity contribution >= 4 is 15.7 Å². The van der Waals surface area contributed by atoms with Gasteiger partial charge < -0.3 is 4.90 Å². The predicted molar refractivity (Wildman–Crippen MR) is 71.3 cm³/mol. The second kappa shape index (κ2) is 4.63. The molecule has 0 aromatic heterocycles. The summed E-state index contributed by atoms with van der Waals surface area (Å²) < 4.78 is 24.9. The fourth-order valence-corrected chi connectivity index (χ4v) is 4.29. The van der Waals surface area contributed by atoms with E-state index in [2.05, 4.69) is 0 Å². The van der Waals surface area contributed by atoms with Crippen LogP contribution in [0.4, 0.5) is 0 Å². The molecule has 0 bridgehead atoms. The maximum absolute atomic E-state index is 12.5. The van der Waals surface area contributed by atoms with Crippen molar-refractivity contribution in [1.29, 1.82) is 0 Å². The SMILES string of the molecule is O=C(C1CC1)N1CCC(S(=O)(=O)c2ccccc2)C1. The number of hydrogen-bond acceptors (Lipinski definition) is 3. The molecule has 0 radical (unpaired) electrons. The standard InChI is InChI=1S/C14H17NO3S/c16-14(11-6-7-11)15-9-8-13(10-15)19(17,18)12-4-2-1-3-5-12/h1-5,11,13H,6-10H2. The van der Waals surface area contributed by atoms with Gasteiger partial charge in [0.1, 0.15) is 0 Å². The van der Waals surface area contributed by atoms with Crippen molar-refractivity contribution in [3.05, 3.63) is 30.3 Å². The summed E-state index contributed by atoms with van der Waals surface area (Å²) in [7, 11) is -3.30. The molecule has 1 amide bonds. The molecule has 1 aromatic carbocycles. The smallest absolute Gasteiger partial charge is 0.225 e. The normalized spacial score (nSPS) is 23.6. The Labute approximate surface area is 113 Å². The molecule has 1 saturated heterocycles. The van der Waals surface area contributed by atoms with Crippen molar-refractivity contribution < 1.29 is 13.2 Å². The van der Waals surface area contributed by atoms with Crippen LogP contribution in [0.25, 0.3) is 0 Å². The first-order valence-corrected chi connectivity index (χ1v) is 8.21. The Morgan fingerprint density at radius 3 is 2.42 bits per heavy atom. The van der Waals surface area contributed by atoms with Crippen molar-refractivity contribution in [3.63, 3.8) is 0 Å². The molecule has 1 aliphatic heterocycles. The van der Waals surface area contributed by atoms with Crippen molar-refractivity contribution in [2.75, 3.05) is 13.1 Å². The molecule has 1 atom stereocenters. The lowest BCUT2D eigenvalue weighted by Crippen LogP contribution is -2.32. The van der Waals surface area contributed by atoms with Crippen molar-refractivity contribution in [1.82, 2.24) is 4.90 Å². The number of hydrogen-bond donors (Lipinski definition) is 0. The zero-order valence-corrected chi connectivity index (χ0v) is 11.5. The van der Waals surface area contributed by atoms with Crippen LogP contribution in [0.15, 0.2) is 35.2 Å². The van der Waals surface area contributed by atoms with Gasteiger partial charge in [0.05, 0.1) is 10.1 Å². The van der Waals surface area contributed by atoms with Crippen LogP contribution >= 0.6 is 0 Å². The molecule has 3 rings (SSSR count). The van der Waals surface area contributed by atoms with E-state index in [1.807, 2.05) is 0 Å². The number of carbonyl (C=O) groups is 1. The summed E-state index contributed by atoms with van der Waals surface area (Å²) in [5.41, 5.74) is 0. The molecule has 5 heteroatoms. The summed E-state index contributed by atoms with van der Waals surface area (Å²) in [4.78, 5) is 14.0. The van der Waals surface area contributed by atoms with Gasteiger partial charge in [0.25, 0.3) is 0 Å². The van der Waals surface area contributed by atoms with E-state index in [0.717, 1.165) is 12.8 Å². The van der Waals surface area contributed by atoms with Gasteiger partial charge in [-0.3, -0.25) is 4.79 Å². The van der Waals surface area contributed by atoms with Crippen LogP contribution in [0.3, 0.4) is 0 Å². The second-order valence-electron chi connectivity index (χ2n) is 5.33. The van der Waals surface area contributed by atoms with Gasteiger partial charge in [-0.05, 0) is 31.4 Å². The van der Waals surface area contributed by atoms with E-state index in [-0.39, 0.29) is 11.8 Å². The van der Waals surface area contributed by atoms with Crippen molar-refractivity contribution in [2.24, 2.45) is 5.92 Å². The average molecular weight is 279 g/mol. The van der Waals surface area contributed by atoms with Gasteiger partial charge >= 0.3 is 0 Å². The molecule has 1 aliphatic carbocycles. The van der Waals surface area contributed by atoms with Gasteiger partial charge in [-0.25, -0.2) is 8.42 Å². The molecule has 2 fully saturated rings. The molecule has 1 aromatic rings. The number of benzene rings is 1. The van der Waals surface area contributed by atoms with Gasteiger partial charge in [-0.1, -0.05) is 18.2 Å². The molecule has 1 saturated carbocycles. The Hall–Kier alpha value is -1.36. The number of sulfone groups is 1. The topological polar surface area (TPSA) is 54.5 Å². The zero-order chi connectivity index (χ0) is 13.5. The lowest BCUT2D eigenvalue weighted by molar-refractivity contribution is -0.131. The summed E-state index contributed by atoms with van der Waals surface area (Å²) >= 11 is 0. The molecule has 19 heavy (non-hydrogen) atoms. The van der Waals surface area contributed by atoms with Gasteiger partial charge in [0.2, 0.25) is 5.91 Å². The molecule has 0 spiro atoms. The van der Waals surface area contributed by atoms with E-state index in [1.165, 1.54) is 0 Å². The number of likely N-dealkylation sites (tertiary alicyclic amines) is 1. The minimum Gasteiger partial charge on any atom is -0.341 e. The Kier molecular flexibility index (Phi) is 3.09. The van der Waals surface area contributed by atoms with Gasteiger partial charge in [-0.2, -0.15) is 0 Å². The highest BCUT2D eigenvalue weighted by atomic mass is 32.2. The first-order valence-electron chi connectivity index (χ1n) is 6.67. The first kappa shape index (κ1) is 12.7. The minimum absolute atomic E-state index is 0.144. The number of nitrogens with zero attached hydrogens (tertiary/aromatic N) is 1. The molecule has 0 N–H and O–H groups in total. The quantitative estimate of drug-likeness (QED) is 0.842. The lowest BCUT2D eigenvalue weighted by Gasteiger charge is -2.16. The van der Waals surface area contributed by atoms with Gasteiger partial charge in [0, 0.05) is 19.0 Å². The second-order valence-corrected chi connectivity index (χ2v) is 7.56. The van der Waals surface area contributed by atoms with E-state index >= 15 is 0 Å². The molecular weight excluding hydrogens is 262 g/mol. The van der Waals surface area contributed by atoms with E-state index in [4.69, 9.17) is 0 Å². The molecule has 2 aliphatic rings. The minimum atomic E-state index is -3.30. The summed E-state index contributed by atoms with van der Waals surface area (Å²) in [6, 6.07) is 8.52. The molecular formula is C14H17NO3S. The Balaban J connectivity index is 1.75. The van der Waals surface area contributed by atoms with Gasteiger partial charge in [-0.15, -0.1) is 0 Å². The third-order valence-electron chi connectivity index (χ3n) is 3.89.